The van der Waals surface area contributed by atoms with Gasteiger partial charge in [-0.2, -0.15) is 0 Å². The van der Waals surface area contributed by atoms with Crippen molar-refractivity contribution in [1.29, 1.82) is 0 Å². The number of aliphatic hydroxyl groups is 1. The highest BCUT2D eigenvalue weighted by Gasteiger charge is 2.22. The fourth-order valence-corrected chi connectivity index (χ4v) is 3.23. The summed E-state index contributed by atoms with van der Waals surface area (Å²) >= 11 is 1.63. The van der Waals surface area contributed by atoms with Crippen LogP contribution in [-0.4, -0.2) is 49.5 Å². The third-order valence-electron chi connectivity index (χ3n) is 4.04. The SMILES string of the molecule is CSc1cccc(NC(=O)NC[C@@H](CN(C)C)[C@H](O)c2ccccc2)c1. The second-order valence-electron chi connectivity index (χ2n) is 6.44. The maximum Gasteiger partial charge on any atom is 0.319 e. The van der Waals surface area contributed by atoms with Crippen molar-refractivity contribution in [3.05, 3.63) is 60.2 Å². The molecule has 0 aliphatic carbocycles. The van der Waals surface area contributed by atoms with Crippen LogP contribution in [0.3, 0.4) is 0 Å². The van der Waals surface area contributed by atoms with Gasteiger partial charge in [0.2, 0.25) is 0 Å². The van der Waals surface area contributed by atoms with Crippen LogP contribution in [-0.2, 0) is 0 Å². The first-order valence-corrected chi connectivity index (χ1v) is 9.78. The topological polar surface area (TPSA) is 64.6 Å². The fourth-order valence-electron chi connectivity index (χ4n) is 2.77. The van der Waals surface area contributed by atoms with Crippen LogP contribution < -0.4 is 10.6 Å². The van der Waals surface area contributed by atoms with Gasteiger partial charge < -0.3 is 20.6 Å². The monoisotopic (exact) mass is 373 g/mol. The molecule has 0 aromatic heterocycles. The Balaban J connectivity index is 1.96. The first kappa shape index (κ1) is 20.3. The Kier molecular flexibility index (Phi) is 7.97. The summed E-state index contributed by atoms with van der Waals surface area (Å²) in [4.78, 5) is 15.3. The molecule has 5 nitrogen and oxygen atoms in total. The minimum absolute atomic E-state index is 0.115. The lowest BCUT2D eigenvalue weighted by atomic mass is 9.95. The van der Waals surface area contributed by atoms with Crippen LogP contribution in [0.4, 0.5) is 10.5 Å². The standard InChI is InChI=1S/C20H27N3O2S/c1-23(2)14-16(19(24)15-8-5-4-6-9-15)13-21-20(25)22-17-10-7-11-18(12-17)26-3/h4-12,16,19,24H,13-14H2,1-3H3,(H2,21,22,25)/t16-,19+/m0/s1. The summed E-state index contributed by atoms with van der Waals surface area (Å²) in [5.74, 6) is -0.115. The molecule has 0 spiro atoms. The van der Waals surface area contributed by atoms with Gasteiger partial charge in [0.05, 0.1) is 6.10 Å². The van der Waals surface area contributed by atoms with Gasteiger partial charge in [-0.05, 0) is 44.1 Å². The van der Waals surface area contributed by atoms with E-state index >= 15 is 0 Å². The number of rotatable bonds is 8. The molecule has 2 atom stereocenters. The number of benzene rings is 2. The fraction of sp³-hybridized carbons (Fsp3) is 0.350. The number of amides is 2. The minimum atomic E-state index is -0.640. The van der Waals surface area contributed by atoms with E-state index in [0.717, 1.165) is 16.1 Å². The molecule has 0 saturated heterocycles. The van der Waals surface area contributed by atoms with Crippen molar-refractivity contribution in [2.75, 3.05) is 38.8 Å². The zero-order chi connectivity index (χ0) is 18.9. The molecule has 2 amide bonds. The third kappa shape index (κ3) is 6.37. The first-order valence-electron chi connectivity index (χ1n) is 8.56. The number of nitrogens with zero attached hydrogens (tertiary/aromatic N) is 1. The molecule has 0 fully saturated rings. The van der Waals surface area contributed by atoms with Crippen molar-refractivity contribution in [1.82, 2.24) is 10.2 Å². The van der Waals surface area contributed by atoms with E-state index < -0.39 is 6.10 Å². The zero-order valence-corrected chi connectivity index (χ0v) is 16.3. The van der Waals surface area contributed by atoms with Gasteiger partial charge in [0, 0.05) is 29.6 Å². The quantitative estimate of drug-likeness (QED) is 0.620. The van der Waals surface area contributed by atoms with Crippen molar-refractivity contribution >= 4 is 23.5 Å². The summed E-state index contributed by atoms with van der Waals surface area (Å²) in [5.41, 5.74) is 1.61. The number of hydrogen-bond donors (Lipinski definition) is 3. The molecule has 0 heterocycles. The predicted octanol–water partition coefficient (Wildman–Crippen LogP) is 3.44. The lowest BCUT2D eigenvalue weighted by Gasteiger charge is -2.26. The number of urea groups is 1. The van der Waals surface area contributed by atoms with E-state index in [-0.39, 0.29) is 11.9 Å². The molecule has 0 bridgehead atoms. The van der Waals surface area contributed by atoms with Gasteiger partial charge in [0.1, 0.15) is 0 Å². The Morgan fingerprint density at radius 3 is 2.54 bits per heavy atom. The Morgan fingerprint density at radius 2 is 1.88 bits per heavy atom. The van der Waals surface area contributed by atoms with E-state index in [4.69, 9.17) is 0 Å². The van der Waals surface area contributed by atoms with E-state index in [2.05, 4.69) is 10.6 Å². The number of thioether (sulfide) groups is 1. The summed E-state index contributed by atoms with van der Waals surface area (Å²) in [6.45, 7) is 1.04. The largest absolute Gasteiger partial charge is 0.388 e. The van der Waals surface area contributed by atoms with Gasteiger partial charge >= 0.3 is 6.03 Å². The summed E-state index contributed by atoms with van der Waals surface area (Å²) in [6.07, 6.45) is 1.36. The van der Waals surface area contributed by atoms with Crippen molar-refractivity contribution in [3.63, 3.8) is 0 Å². The molecular weight excluding hydrogens is 346 g/mol. The average molecular weight is 374 g/mol. The second-order valence-corrected chi connectivity index (χ2v) is 7.32. The van der Waals surface area contributed by atoms with Gasteiger partial charge in [-0.3, -0.25) is 0 Å². The third-order valence-corrected chi connectivity index (χ3v) is 4.77. The predicted molar refractivity (Wildman–Crippen MR) is 109 cm³/mol. The van der Waals surface area contributed by atoms with Crippen molar-refractivity contribution in [2.45, 2.75) is 11.0 Å². The number of nitrogens with one attached hydrogen (secondary N) is 2. The lowest BCUT2D eigenvalue weighted by molar-refractivity contribution is 0.0911. The molecule has 0 radical (unpaired) electrons. The maximum atomic E-state index is 12.2. The highest BCUT2D eigenvalue weighted by molar-refractivity contribution is 7.98. The summed E-state index contributed by atoms with van der Waals surface area (Å²) < 4.78 is 0. The normalized spacial score (nSPS) is 13.3. The van der Waals surface area contributed by atoms with E-state index in [1.165, 1.54) is 0 Å². The molecule has 140 valence electrons. The molecule has 0 saturated carbocycles. The number of anilines is 1. The lowest BCUT2D eigenvalue weighted by Crippen LogP contribution is -2.39. The van der Waals surface area contributed by atoms with E-state index in [0.29, 0.717) is 13.1 Å². The maximum absolute atomic E-state index is 12.2. The first-order chi connectivity index (χ1) is 12.5. The Bertz CT molecular complexity index is 694. The van der Waals surface area contributed by atoms with Crippen LogP contribution >= 0.6 is 11.8 Å². The molecule has 6 heteroatoms. The molecule has 0 aliphatic rings. The van der Waals surface area contributed by atoms with Crippen molar-refractivity contribution in [2.24, 2.45) is 5.92 Å². The minimum Gasteiger partial charge on any atom is -0.388 e. The number of aliphatic hydroxyl groups excluding tert-OH is 1. The molecular formula is C20H27N3O2S. The summed E-state index contributed by atoms with van der Waals surface area (Å²) in [6, 6.07) is 17.0. The molecule has 2 rings (SSSR count). The molecule has 3 N–H and O–H groups in total. The summed E-state index contributed by atoms with van der Waals surface area (Å²) in [5, 5.41) is 16.4. The Morgan fingerprint density at radius 1 is 1.15 bits per heavy atom. The molecule has 2 aromatic carbocycles. The number of carbonyl (C=O) groups excluding carboxylic acids is 1. The second kappa shape index (κ2) is 10.2. The van der Waals surface area contributed by atoms with E-state index in [1.54, 1.807) is 11.8 Å². The van der Waals surface area contributed by atoms with Crippen LogP contribution in [0.1, 0.15) is 11.7 Å². The van der Waals surface area contributed by atoms with Crippen molar-refractivity contribution < 1.29 is 9.90 Å². The number of carbonyl (C=O) groups is 1. The molecule has 0 aliphatic heterocycles. The van der Waals surface area contributed by atoms with E-state index in [1.807, 2.05) is 79.8 Å². The molecule has 26 heavy (non-hydrogen) atoms. The molecule has 2 aromatic rings. The van der Waals surface area contributed by atoms with Crippen LogP contribution in [0.25, 0.3) is 0 Å². The van der Waals surface area contributed by atoms with Crippen LogP contribution in [0, 0.1) is 5.92 Å². The van der Waals surface area contributed by atoms with Gasteiger partial charge in [-0.1, -0.05) is 36.4 Å². The van der Waals surface area contributed by atoms with Crippen molar-refractivity contribution in [3.8, 4) is 0 Å². The highest BCUT2D eigenvalue weighted by atomic mass is 32.2. The van der Waals surface area contributed by atoms with Gasteiger partial charge in [-0.15, -0.1) is 11.8 Å². The van der Waals surface area contributed by atoms with Crippen LogP contribution in [0.2, 0.25) is 0 Å². The van der Waals surface area contributed by atoms with E-state index in [9.17, 15) is 9.90 Å². The van der Waals surface area contributed by atoms with Crippen LogP contribution in [0.15, 0.2) is 59.5 Å². The highest BCUT2D eigenvalue weighted by Crippen LogP contribution is 2.22. The Labute approximate surface area is 159 Å². The van der Waals surface area contributed by atoms with Gasteiger partial charge in [0.25, 0.3) is 0 Å². The molecule has 0 unspecified atom stereocenters. The number of hydrogen-bond acceptors (Lipinski definition) is 4. The van der Waals surface area contributed by atoms with Gasteiger partial charge in [0.15, 0.2) is 0 Å². The average Bonchev–Trinajstić information content (AvgIpc) is 2.65. The summed E-state index contributed by atoms with van der Waals surface area (Å²) in [7, 11) is 3.91. The van der Waals surface area contributed by atoms with Crippen LogP contribution in [0.5, 0.6) is 0 Å². The zero-order valence-electron chi connectivity index (χ0n) is 15.5. The Hall–Kier alpha value is -2.02. The smallest absolute Gasteiger partial charge is 0.319 e. The van der Waals surface area contributed by atoms with Gasteiger partial charge in [-0.25, -0.2) is 4.79 Å².